The molecule has 2 saturated heterocycles. The van der Waals surface area contributed by atoms with Crippen LogP contribution in [0.1, 0.15) is 31.7 Å². The number of fused-ring (bicyclic) bond motifs is 1. The molecule has 1 aromatic carbocycles. The van der Waals surface area contributed by atoms with Crippen LogP contribution in [0.3, 0.4) is 0 Å². The first-order valence-corrected chi connectivity index (χ1v) is 10.4. The van der Waals surface area contributed by atoms with Crippen LogP contribution >= 0.6 is 0 Å². The van der Waals surface area contributed by atoms with Gasteiger partial charge < -0.3 is 14.2 Å². The van der Waals surface area contributed by atoms with E-state index in [1.165, 1.54) is 17.3 Å². The maximum atomic E-state index is 13.2. The SMILES string of the molecule is CCn1cc(CC(=O)N2CCCC[C@H]2CN2CCOCC2)c2ccccc21. The van der Waals surface area contributed by atoms with Gasteiger partial charge in [0.2, 0.25) is 5.91 Å². The van der Waals surface area contributed by atoms with Gasteiger partial charge in [0.05, 0.1) is 19.6 Å². The number of aryl methyl sites for hydroxylation is 1. The van der Waals surface area contributed by atoms with E-state index in [0.717, 1.165) is 64.3 Å². The second-order valence-corrected chi connectivity index (χ2v) is 7.78. The van der Waals surface area contributed by atoms with E-state index in [2.05, 4.69) is 51.8 Å². The summed E-state index contributed by atoms with van der Waals surface area (Å²) in [5.41, 5.74) is 2.39. The summed E-state index contributed by atoms with van der Waals surface area (Å²) in [5.74, 6) is 0.284. The molecule has 2 fully saturated rings. The number of benzene rings is 1. The number of nitrogens with zero attached hydrogens (tertiary/aromatic N) is 3. The molecule has 2 aromatic rings. The fourth-order valence-corrected chi connectivity index (χ4v) is 4.59. The monoisotopic (exact) mass is 369 g/mol. The van der Waals surface area contributed by atoms with E-state index in [9.17, 15) is 4.79 Å². The van der Waals surface area contributed by atoms with Crippen molar-refractivity contribution in [2.75, 3.05) is 39.4 Å². The van der Waals surface area contributed by atoms with E-state index in [-0.39, 0.29) is 5.91 Å². The van der Waals surface area contributed by atoms with Crippen molar-refractivity contribution >= 4 is 16.8 Å². The second-order valence-electron chi connectivity index (χ2n) is 7.78. The largest absolute Gasteiger partial charge is 0.379 e. The number of piperidine rings is 1. The number of hydrogen-bond acceptors (Lipinski definition) is 3. The highest BCUT2D eigenvalue weighted by Gasteiger charge is 2.29. The van der Waals surface area contributed by atoms with Gasteiger partial charge in [-0.15, -0.1) is 0 Å². The molecule has 5 nitrogen and oxygen atoms in total. The highest BCUT2D eigenvalue weighted by Crippen LogP contribution is 2.24. The van der Waals surface area contributed by atoms with E-state index >= 15 is 0 Å². The molecule has 146 valence electrons. The highest BCUT2D eigenvalue weighted by molar-refractivity contribution is 5.89. The van der Waals surface area contributed by atoms with E-state index in [1.54, 1.807) is 0 Å². The lowest BCUT2D eigenvalue weighted by Gasteiger charge is -2.39. The van der Waals surface area contributed by atoms with Gasteiger partial charge >= 0.3 is 0 Å². The number of likely N-dealkylation sites (tertiary alicyclic amines) is 1. The third kappa shape index (κ3) is 4.04. The summed E-state index contributed by atoms with van der Waals surface area (Å²) < 4.78 is 7.72. The Bertz CT molecular complexity index is 779. The van der Waals surface area contributed by atoms with Crippen molar-refractivity contribution in [3.63, 3.8) is 0 Å². The Morgan fingerprint density at radius 3 is 2.78 bits per heavy atom. The number of para-hydroxylation sites is 1. The quantitative estimate of drug-likeness (QED) is 0.813. The summed E-state index contributed by atoms with van der Waals surface area (Å²) in [6.45, 7) is 8.59. The smallest absolute Gasteiger partial charge is 0.227 e. The van der Waals surface area contributed by atoms with Crippen LogP contribution < -0.4 is 0 Å². The number of rotatable bonds is 5. The lowest BCUT2D eigenvalue weighted by molar-refractivity contribution is -0.134. The van der Waals surface area contributed by atoms with Crippen molar-refractivity contribution in [1.82, 2.24) is 14.4 Å². The van der Waals surface area contributed by atoms with Crippen LogP contribution in [0, 0.1) is 0 Å². The van der Waals surface area contributed by atoms with E-state index in [4.69, 9.17) is 4.74 Å². The average molecular weight is 370 g/mol. The Balaban J connectivity index is 1.49. The first-order valence-electron chi connectivity index (χ1n) is 10.4. The number of morpholine rings is 1. The van der Waals surface area contributed by atoms with Crippen LogP contribution in [0.2, 0.25) is 0 Å². The van der Waals surface area contributed by atoms with Crippen molar-refractivity contribution in [1.29, 1.82) is 0 Å². The van der Waals surface area contributed by atoms with Gasteiger partial charge in [0.15, 0.2) is 0 Å². The second kappa shape index (κ2) is 8.44. The molecule has 3 heterocycles. The summed E-state index contributed by atoms with van der Waals surface area (Å²) in [4.78, 5) is 17.9. The number of ether oxygens (including phenoxy) is 1. The number of carbonyl (C=O) groups is 1. The van der Waals surface area contributed by atoms with Crippen molar-refractivity contribution in [2.24, 2.45) is 0 Å². The third-order valence-corrected chi connectivity index (χ3v) is 6.07. The van der Waals surface area contributed by atoms with Crippen molar-refractivity contribution in [3.05, 3.63) is 36.0 Å². The van der Waals surface area contributed by atoms with Crippen molar-refractivity contribution < 1.29 is 9.53 Å². The predicted molar refractivity (Wildman–Crippen MR) is 108 cm³/mol. The molecule has 2 aliphatic rings. The molecular weight excluding hydrogens is 338 g/mol. The molecule has 0 N–H and O–H groups in total. The first-order chi connectivity index (χ1) is 13.3. The summed E-state index contributed by atoms with van der Waals surface area (Å²) in [6, 6.07) is 8.78. The maximum Gasteiger partial charge on any atom is 0.227 e. The molecule has 0 bridgehead atoms. The third-order valence-electron chi connectivity index (χ3n) is 6.07. The molecular formula is C22H31N3O2. The molecule has 2 aliphatic heterocycles. The molecule has 0 spiro atoms. The van der Waals surface area contributed by atoms with E-state index in [0.29, 0.717) is 12.5 Å². The average Bonchev–Trinajstić information content (AvgIpc) is 3.07. The minimum absolute atomic E-state index is 0.284. The lowest BCUT2D eigenvalue weighted by Crippen LogP contribution is -2.51. The highest BCUT2D eigenvalue weighted by atomic mass is 16.5. The summed E-state index contributed by atoms with van der Waals surface area (Å²) in [6.07, 6.45) is 6.16. The molecule has 5 heteroatoms. The maximum absolute atomic E-state index is 13.2. The Morgan fingerprint density at radius 1 is 1.15 bits per heavy atom. The molecule has 4 rings (SSSR count). The van der Waals surface area contributed by atoms with Crippen LogP contribution in [-0.4, -0.2) is 65.7 Å². The molecule has 0 saturated carbocycles. The summed E-state index contributed by atoms with van der Waals surface area (Å²) >= 11 is 0. The summed E-state index contributed by atoms with van der Waals surface area (Å²) in [5, 5.41) is 1.22. The van der Waals surface area contributed by atoms with Gasteiger partial charge in [-0.25, -0.2) is 0 Å². The number of amides is 1. The molecule has 27 heavy (non-hydrogen) atoms. The molecule has 0 unspecified atom stereocenters. The van der Waals surface area contributed by atoms with Gasteiger partial charge in [-0.3, -0.25) is 9.69 Å². The Morgan fingerprint density at radius 2 is 1.96 bits per heavy atom. The topological polar surface area (TPSA) is 37.7 Å². The van der Waals surface area contributed by atoms with Crippen LogP contribution in [0.4, 0.5) is 0 Å². The van der Waals surface area contributed by atoms with Gasteiger partial charge in [-0.05, 0) is 37.8 Å². The van der Waals surface area contributed by atoms with Crippen molar-refractivity contribution in [2.45, 2.75) is 45.2 Å². The molecule has 1 atom stereocenters. The zero-order chi connectivity index (χ0) is 18.6. The van der Waals surface area contributed by atoms with Crippen LogP contribution in [0.5, 0.6) is 0 Å². The zero-order valence-electron chi connectivity index (χ0n) is 16.4. The van der Waals surface area contributed by atoms with Gasteiger partial charge in [-0.1, -0.05) is 18.2 Å². The predicted octanol–water partition coefficient (Wildman–Crippen LogP) is 2.92. The normalized spacial score (nSPS) is 21.7. The number of aromatic nitrogens is 1. The van der Waals surface area contributed by atoms with Crippen molar-refractivity contribution in [3.8, 4) is 0 Å². The Labute approximate surface area is 161 Å². The summed E-state index contributed by atoms with van der Waals surface area (Å²) in [7, 11) is 0. The van der Waals surface area contributed by atoms with Gasteiger partial charge in [0.1, 0.15) is 0 Å². The standard InChI is InChI=1S/C22H31N3O2/c1-2-24-16-18(20-8-3-4-9-21(20)24)15-22(26)25-10-6-5-7-19(25)17-23-11-13-27-14-12-23/h3-4,8-9,16,19H,2,5-7,10-15,17H2,1H3/t19-/m0/s1. The van der Waals surface area contributed by atoms with Gasteiger partial charge in [0, 0.05) is 55.9 Å². The lowest BCUT2D eigenvalue weighted by atomic mass is 10.00. The molecule has 1 amide bonds. The molecule has 1 aromatic heterocycles. The fraction of sp³-hybridized carbons (Fsp3) is 0.591. The molecule has 0 radical (unpaired) electrons. The van der Waals surface area contributed by atoms with Crippen LogP contribution in [0.15, 0.2) is 30.5 Å². The van der Waals surface area contributed by atoms with Gasteiger partial charge in [0.25, 0.3) is 0 Å². The number of carbonyl (C=O) groups excluding carboxylic acids is 1. The first kappa shape index (κ1) is 18.5. The minimum atomic E-state index is 0.284. The van der Waals surface area contributed by atoms with Gasteiger partial charge in [-0.2, -0.15) is 0 Å². The van der Waals surface area contributed by atoms with Crippen LogP contribution in [0.25, 0.3) is 10.9 Å². The fourth-order valence-electron chi connectivity index (χ4n) is 4.59. The Hall–Kier alpha value is -1.85. The van der Waals surface area contributed by atoms with Crippen LogP contribution in [-0.2, 0) is 22.5 Å². The van der Waals surface area contributed by atoms with E-state index in [1.807, 2.05) is 0 Å². The minimum Gasteiger partial charge on any atom is -0.379 e. The zero-order valence-corrected chi connectivity index (χ0v) is 16.4. The number of hydrogen-bond donors (Lipinski definition) is 0. The molecule has 0 aliphatic carbocycles. The Kier molecular flexibility index (Phi) is 5.79. The van der Waals surface area contributed by atoms with E-state index < -0.39 is 0 Å².